The Morgan fingerprint density at radius 1 is 0.929 bits per heavy atom. The van der Waals surface area contributed by atoms with Crippen molar-refractivity contribution in [1.82, 2.24) is 0 Å². The van der Waals surface area contributed by atoms with Crippen LogP contribution in [0.2, 0.25) is 0 Å². The number of benzene rings is 2. The van der Waals surface area contributed by atoms with E-state index in [9.17, 15) is 14.4 Å². The SMILES string of the molecule is Cc1cccc(OC(=O)c2ccc(N3C(=O)[C@H]4CCCC[C@@H]4C3=O)cc2)c1C. The molecule has 0 bridgehead atoms. The lowest BCUT2D eigenvalue weighted by Crippen LogP contribution is -2.30. The van der Waals surface area contributed by atoms with Gasteiger partial charge in [-0.1, -0.05) is 25.0 Å². The molecule has 0 N–H and O–H groups in total. The summed E-state index contributed by atoms with van der Waals surface area (Å²) in [5.41, 5.74) is 2.87. The second kappa shape index (κ2) is 7.23. The smallest absolute Gasteiger partial charge is 0.343 e. The molecular formula is C23H23NO4. The van der Waals surface area contributed by atoms with Gasteiger partial charge in [-0.05, 0) is 68.1 Å². The third-order valence-corrected chi connectivity index (χ3v) is 5.96. The van der Waals surface area contributed by atoms with Crippen LogP contribution in [0.25, 0.3) is 0 Å². The second-order valence-electron chi connectivity index (χ2n) is 7.64. The molecule has 1 saturated heterocycles. The number of imide groups is 1. The molecular weight excluding hydrogens is 354 g/mol. The van der Waals surface area contributed by atoms with Gasteiger partial charge in [0.2, 0.25) is 11.8 Å². The Morgan fingerprint density at radius 3 is 2.14 bits per heavy atom. The van der Waals surface area contributed by atoms with Crippen LogP contribution < -0.4 is 9.64 Å². The highest BCUT2D eigenvalue weighted by Crippen LogP contribution is 2.40. The van der Waals surface area contributed by atoms with Crippen molar-refractivity contribution in [3.63, 3.8) is 0 Å². The van der Waals surface area contributed by atoms with Crippen molar-refractivity contribution in [2.24, 2.45) is 11.8 Å². The summed E-state index contributed by atoms with van der Waals surface area (Å²) in [6.45, 7) is 3.87. The lowest BCUT2D eigenvalue weighted by Gasteiger charge is -2.19. The van der Waals surface area contributed by atoms with Crippen molar-refractivity contribution >= 4 is 23.5 Å². The van der Waals surface area contributed by atoms with Gasteiger partial charge < -0.3 is 4.74 Å². The molecule has 28 heavy (non-hydrogen) atoms. The van der Waals surface area contributed by atoms with Gasteiger partial charge >= 0.3 is 5.97 Å². The molecule has 0 radical (unpaired) electrons. The molecule has 0 aromatic heterocycles. The maximum atomic E-state index is 12.7. The van der Waals surface area contributed by atoms with Crippen LogP contribution in [0.5, 0.6) is 5.75 Å². The predicted molar refractivity (Wildman–Crippen MR) is 105 cm³/mol. The van der Waals surface area contributed by atoms with Gasteiger partial charge in [-0.25, -0.2) is 4.79 Å². The number of ether oxygens (including phenoxy) is 1. The van der Waals surface area contributed by atoms with Crippen molar-refractivity contribution in [3.05, 3.63) is 59.2 Å². The first-order valence-electron chi connectivity index (χ1n) is 9.73. The highest BCUT2D eigenvalue weighted by atomic mass is 16.5. The molecule has 4 rings (SSSR count). The van der Waals surface area contributed by atoms with E-state index >= 15 is 0 Å². The number of esters is 1. The average Bonchev–Trinajstić information content (AvgIpc) is 2.96. The number of carbonyl (C=O) groups excluding carboxylic acids is 3. The Morgan fingerprint density at radius 2 is 1.54 bits per heavy atom. The summed E-state index contributed by atoms with van der Waals surface area (Å²) in [4.78, 5) is 39.2. The topological polar surface area (TPSA) is 63.7 Å². The first-order valence-corrected chi connectivity index (χ1v) is 9.73. The lowest BCUT2D eigenvalue weighted by atomic mass is 9.81. The van der Waals surface area contributed by atoms with Crippen LogP contribution >= 0.6 is 0 Å². The van der Waals surface area contributed by atoms with E-state index in [0.717, 1.165) is 36.8 Å². The van der Waals surface area contributed by atoms with Crippen molar-refractivity contribution < 1.29 is 19.1 Å². The first-order chi connectivity index (χ1) is 13.5. The molecule has 1 heterocycles. The normalized spacial score (nSPS) is 21.6. The van der Waals surface area contributed by atoms with E-state index in [2.05, 4.69) is 0 Å². The van der Waals surface area contributed by atoms with Crippen LogP contribution in [-0.4, -0.2) is 17.8 Å². The van der Waals surface area contributed by atoms with Crippen LogP contribution in [-0.2, 0) is 9.59 Å². The van der Waals surface area contributed by atoms with E-state index in [1.807, 2.05) is 26.0 Å². The second-order valence-corrected chi connectivity index (χ2v) is 7.64. The minimum atomic E-state index is -0.465. The third-order valence-electron chi connectivity index (χ3n) is 5.96. The standard InChI is InChI=1S/C23H23NO4/c1-14-6-5-9-20(15(14)2)28-23(27)16-10-12-17(13-11-16)24-21(25)18-7-3-4-8-19(18)22(24)26/h5-6,9-13,18-19H,3-4,7-8H2,1-2H3/t18-,19-/m0/s1. The zero-order valence-corrected chi connectivity index (χ0v) is 16.1. The molecule has 0 spiro atoms. The number of fused-ring (bicyclic) bond motifs is 1. The number of anilines is 1. The third kappa shape index (κ3) is 3.11. The average molecular weight is 377 g/mol. The molecule has 1 aliphatic heterocycles. The maximum absolute atomic E-state index is 12.7. The first kappa shape index (κ1) is 18.4. The van der Waals surface area contributed by atoms with Crippen LogP contribution in [0, 0.1) is 25.7 Å². The highest BCUT2D eigenvalue weighted by Gasteiger charge is 2.48. The molecule has 144 valence electrons. The largest absolute Gasteiger partial charge is 0.423 e. The number of hydrogen-bond donors (Lipinski definition) is 0. The molecule has 1 aliphatic carbocycles. The Hall–Kier alpha value is -2.95. The Labute approximate surface area is 164 Å². The van der Waals surface area contributed by atoms with Crippen molar-refractivity contribution in [3.8, 4) is 5.75 Å². The van der Waals surface area contributed by atoms with Gasteiger partial charge in [-0.3, -0.25) is 14.5 Å². The highest BCUT2D eigenvalue weighted by molar-refractivity contribution is 6.22. The van der Waals surface area contributed by atoms with E-state index in [-0.39, 0.29) is 23.7 Å². The van der Waals surface area contributed by atoms with Crippen LogP contribution in [0.3, 0.4) is 0 Å². The number of amides is 2. The zero-order valence-electron chi connectivity index (χ0n) is 16.1. The fourth-order valence-electron chi connectivity index (χ4n) is 4.16. The summed E-state index contributed by atoms with van der Waals surface area (Å²) < 4.78 is 5.51. The molecule has 1 saturated carbocycles. The Kier molecular flexibility index (Phi) is 4.75. The van der Waals surface area contributed by atoms with Crippen molar-refractivity contribution in [1.29, 1.82) is 0 Å². The van der Waals surface area contributed by atoms with Gasteiger partial charge in [0.15, 0.2) is 0 Å². The van der Waals surface area contributed by atoms with Gasteiger partial charge in [-0.2, -0.15) is 0 Å². The molecule has 0 unspecified atom stereocenters. The molecule has 2 amide bonds. The summed E-state index contributed by atoms with van der Waals surface area (Å²) in [6.07, 6.45) is 3.56. The van der Waals surface area contributed by atoms with Gasteiger partial charge in [-0.15, -0.1) is 0 Å². The maximum Gasteiger partial charge on any atom is 0.343 e. The Bertz CT molecular complexity index is 924. The summed E-state index contributed by atoms with van der Waals surface area (Å²) in [6, 6.07) is 12.1. The van der Waals surface area contributed by atoms with Crippen LogP contribution in [0.1, 0.15) is 47.2 Å². The van der Waals surface area contributed by atoms with Gasteiger partial charge in [0, 0.05) is 0 Å². The quantitative estimate of drug-likeness (QED) is 0.457. The minimum Gasteiger partial charge on any atom is -0.423 e. The van der Waals surface area contributed by atoms with E-state index in [1.54, 1.807) is 30.3 Å². The van der Waals surface area contributed by atoms with Gasteiger partial charge in [0.25, 0.3) is 0 Å². The molecule has 2 aromatic carbocycles. The number of aryl methyl sites for hydroxylation is 1. The van der Waals surface area contributed by atoms with E-state index < -0.39 is 5.97 Å². The van der Waals surface area contributed by atoms with Gasteiger partial charge in [0.1, 0.15) is 5.75 Å². The summed E-state index contributed by atoms with van der Waals surface area (Å²) >= 11 is 0. The number of nitrogens with zero attached hydrogens (tertiary/aromatic N) is 1. The molecule has 5 nitrogen and oxygen atoms in total. The van der Waals surface area contributed by atoms with Crippen LogP contribution in [0.15, 0.2) is 42.5 Å². The number of carbonyl (C=O) groups is 3. The van der Waals surface area contributed by atoms with Crippen molar-refractivity contribution in [2.75, 3.05) is 4.90 Å². The summed E-state index contributed by atoms with van der Waals surface area (Å²) in [5, 5.41) is 0. The molecule has 2 atom stereocenters. The number of hydrogen-bond acceptors (Lipinski definition) is 4. The van der Waals surface area contributed by atoms with Gasteiger partial charge in [0.05, 0.1) is 23.1 Å². The van der Waals surface area contributed by atoms with Crippen LogP contribution in [0.4, 0.5) is 5.69 Å². The molecule has 2 aliphatic rings. The monoisotopic (exact) mass is 377 g/mol. The van der Waals surface area contributed by atoms with Crippen molar-refractivity contribution in [2.45, 2.75) is 39.5 Å². The Balaban J connectivity index is 1.52. The van der Waals surface area contributed by atoms with E-state index in [4.69, 9.17) is 4.74 Å². The summed E-state index contributed by atoms with van der Waals surface area (Å²) in [7, 11) is 0. The lowest BCUT2D eigenvalue weighted by molar-refractivity contribution is -0.122. The molecule has 2 fully saturated rings. The van der Waals surface area contributed by atoms with E-state index in [0.29, 0.717) is 17.0 Å². The zero-order chi connectivity index (χ0) is 19.8. The van der Waals surface area contributed by atoms with E-state index in [1.165, 1.54) is 4.90 Å². The molecule has 2 aromatic rings. The minimum absolute atomic E-state index is 0.111. The molecule has 5 heteroatoms. The fourth-order valence-corrected chi connectivity index (χ4v) is 4.16. The summed E-state index contributed by atoms with van der Waals surface area (Å²) in [5.74, 6) is -0.526. The predicted octanol–water partition coefficient (Wildman–Crippen LogP) is 4.20. The fraction of sp³-hybridized carbons (Fsp3) is 0.348. The number of rotatable bonds is 3.